The molecule has 22 heavy (non-hydrogen) atoms. The van der Waals surface area contributed by atoms with Crippen LogP contribution in [0.15, 0.2) is 30.6 Å². The van der Waals surface area contributed by atoms with Crippen LogP contribution in [0.2, 0.25) is 10.0 Å². The van der Waals surface area contributed by atoms with Crippen molar-refractivity contribution in [2.45, 2.75) is 12.8 Å². The molecule has 1 aromatic heterocycles. The van der Waals surface area contributed by atoms with Crippen LogP contribution in [0, 0.1) is 0 Å². The highest BCUT2D eigenvalue weighted by molar-refractivity contribution is 6.42. The maximum absolute atomic E-state index is 12.2. The molecule has 1 aliphatic heterocycles. The molecule has 0 radical (unpaired) electrons. The second-order valence-electron chi connectivity index (χ2n) is 5.04. The lowest BCUT2D eigenvalue weighted by molar-refractivity contribution is 0.102. The van der Waals surface area contributed by atoms with E-state index >= 15 is 0 Å². The summed E-state index contributed by atoms with van der Waals surface area (Å²) in [6.45, 7) is 1.97. The van der Waals surface area contributed by atoms with Gasteiger partial charge < -0.3 is 10.2 Å². The van der Waals surface area contributed by atoms with Crippen LogP contribution in [-0.4, -0.2) is 29.0 Å². The highest BCUT2D eigenvalue weighted by atomic mass is 35.5. The van der Waals surface area contributed by atoms with Gasteiger partial charge in [-0.2, -0.15) is 0 Å². The quantitative estimate of drug-likeness (QED) is 0.929. The van der Waals surface area contributed by atoms with Crippen molar-refractivity contribution >= 4 is 40.7 Å². The average Bonchev–Trinajstić information content (AvgIpc) is 3.04. The molecule has 1 N–H and O–H groups in total. The Morgan fingerprint density at radius 2 is 1.86 bits per heavy atom. The minimum Gasteiger partial charge on any atom is -0.356 e. The highest BCUT2D eigenvalue weighted by Gasteiger charge is 2.15. The van der Waals surface area contributed by atoms with Gasteiger partial charge in [0.05, 0.1) is 10.0 Å². The van der Waals surface area contributed by atoms with Crippen molar-refractivity contribution in [2.75, 3.05) is 23.3 Å². The predicted molar refractivity (Wildman–Crippen MR) is 87.9 cm³/mol. The summed E-state index contributed by atoms with van der Waals surface area (Å²) in [6.07, 6.45) is 3.78. The van der Waals surface area contributed by atoms with Crippen molar-refractivity contribution in [1.82, 2.24) is 9.97 Å². The molecule has 2 aromatic rings. The molecular formula is C15H14Cl2N4O. The Morgan fingerprint density at radius 3 is 2.59 bits per heavy atom. The summed E-state index contributed by atoms with van der Waals surface area (Å²) in [7, 11) is 0. The van der Waals surface area contributed by atoms with E-state index in [1.807, 2.05) is 0 Å². The van der Waals surface area contributed by atoms with Gasteiger partial charge in [0.25, 0.3) is 5.91 Å². The molecule has 0 aliphatic carbocycles. The van der Waals surface area contributed by atoms with E-state index in [9.17, 15) is 4.79 Å². The Morgan fingerprint density at radius 1 is 1.09 bits per heavy atom. The Bertz CT molecular complexity index is 702. The zero-order valence-corrected chi connectivity index (χ0v) is 13.2. The molecule has 114 valence electrons. The third-order valence-electron chi connectivity index (χ3n) is 3.51. The summed E-state index contributed by atoms with van der Waals surface area (Å²) in [4.78, 5) is 22.7. The van der Waals surface area contributed by atoms with Gasteiger partial charge in [0, 0.05) is 24.7 Å². The Kier molecular flexibility index (Phi) is 4.45. The number of carbonyl (C=O) groups excluding carboxylic acids is 1. The van der Waals surface area contributed by atoms with E-state index in [2.05, 4.69) is 20.2 Å². The SMILES string of the molecule is O=C(Nc1cc(N2CCCC2)ncn1)c1ccc(Cl)c(Cl)c1. The van der Waals surface area contributed by atoms with Crippen LogP contribution in [-0.2, 0) is 0 Å². The molecule has 1 fully saturated rings. The van der Waals surface area contributed by atoms with Gasteiger partial charge in [0.15, 0.2) is 0 Å². The average molecular weight is 337 g/mol. The number of anilines is 2. The van der Waals surface area contributed by atoms with Crippen molar-refractivity contribution in [1.29, 1.82) is 0 Å². The lowest BCUT2D eigenvalue weighted by Gasteiger charge is -2.16. The molecule has 2 heterocycles. The zero-order valence-electron chi connectivity index (χ0n) is 11.7. The number of rotatable bonds is 3. The molecular weight excluding hydrogens is 323 g/mol. The highest BCUT2D eigenvalue weighted by Crippen LogP contribution is 2.23. The first kappa shape index (κ1) is 15.1. The fraction of sp³-hybridized carbons (Fsp3) is 0.267. The first-order valence-electron chi connectivity index (χ1n) is 6.97. The van der Waals surface area contributed by atoms with Crippen LogP contribution >= 0.6 is 23.2 Å². The number of amides is 1. The third kappa shape index (κ3) is 3.31. The van der Waals surface area contributed by atoms with E-state index in [-0.39, 0.29) is 5.91 Å². The first-order chi connectivity index (χ1) is 10.6. The number of hydrogen-bond donors (Lipinski definition) is 1. The fourth-order valence-corrected chi connectivity index (χ4v) is 2.66. The lowest BCUT2D eigenvalue weighted by Crippen LogP contribution is -2.20. The first-order valence-corrected chi connectivity index (χ1v) is 7.72. The second kappa shape index (κ2) is 6.50. The van der Waals surface area contributed by atoms with E-state index in [0.717, 1.165) is 31.7 Å². The lowest BCUT2D eigenvalue weighted by atomic mass is 10.2. The van der Waals surface area contributed by atoms with Crippen molar-refractivity contribution in [3.8, 4) is 0 Å². The van der Waals surface area contributed by atoms with Crippen molar-refractivity contribution in [2.24, 2.45) is 0 Å². The minimum atomic E-state index is -0.287. The molecule has 3 rings (SSSR count). The molecule has 0 bridgehead atoms. The van der Waals surface area contributed by atoms with Crippen LogP contribution in [0.25, 0.3) is 0 Å². The molecule has 1 saturated heterocycles. The van der Waals surface area contributed by atoms with Gasteiger partial charge >= 0.3 is 0 Å². The van der Waals surface area contributed by atoms with Gasteiger partial charge in [-0.3, -0.25) is 4.79 Å². The Hall–Kier alpha value is -1.85. The smallest absolute Gasteiger partial charge is 0.256 e. The largest absolute Gasteiger partial charge is 0.356 e. The molecule has 5 nitrogen and oxygen atoms in total. The van der Waals surface area contributed by atoms with E-state index in [0.29, 0.717) is 21.4 Å². The van der Waals surface area contributed by atoms with Crippen molar-refractivity contribution in [3.05, 3.63) is 46.2 Å². The summed E-state index contributed by atoms with van der Waals surface area (Å²) >= 11 is 11.8. The van der Waals surface area contributed by atoms with E-state index in [4.69, 9.17) is 23.2 Å². The van der Waals surface area contributed by atoms with Gasteiger partial charge in [-0.15, -0.1) is 0 Å². The predicted octanol–water partition coefficient (Wildman–Crippen LogP) is 3.64. The normalized spacial score (nSPS) is 14.2. The summed E-state index contributed by atoms with van der Waals surface area (Å²) in [5, 5.41) is 3.51. The monoisotopic (exact) mass is 336 g/mol. The second-order valence-corrected chi connectivity index (χ2v) is 5.85. The fourth-order valence-electron chi connectivity index (χ4n) is 2.36. The maximum atomic E-state index is 12.2. The molecule has 0 spiro atoms. The van der Waals surface area contributed by atoms with E-state index < -0.39 is 0 Å². The van der Waals surface area contributed by atoms with Gasteiger partial charge in [-0.1, -0.05) is 23.2 Å². The molecule has 1 amide bonds. The standard InChI is InChI=1S/C15H14Cl2N4O/c16-11-4-3-10(7-12(11)17)15(22)20-13-8-14(19-9-18-13)21-5-1-2-6-21/h3-4,7-9H,1-2,5-6H2,(H,18,19,20,22). The number of halogens is 2. The van der Waals surface area contributed by atoms with Gasteiger partial charge in [-0.25, -0.2) is 9.97 Å². The maximum Gasteiger partial charge on any atom is 0.256 e. The summed E-state index contributed by atoms with van der Waals surface area (Å²) < 4.78 is 0. The number of nitrogens with zero attached hydrogens (tertiary/aromatic N) is 3. The number of hydrogen-bond acceptors (Lipinski definition) is 4. The molecule has 0 atom stereocenters. The topological polar surface area (TPSA) is 58.1 Å². The zero-order chi connectivity index (χ0) is 15.5. The summed E-state index contributed by atoms with van der Waals surface area (Å²) in [5.74, 6) is 1.01. The van der Waals surface area contributed by atoms with Gasteiger partial charge in [0.2, 0.25) is 0 Å². The Labute approximate surface area is 138 Å². The van der Waals surface area contributed by atoms with E-state index in [1.165, 1.54) is 12.4 Å². The minimum absolute atomic E-state index is 0.287. The number of benzene rings is 1. The van der Waals surface area contributed by atoms with Crippen LogP contribution in [0.1, 0.15) is 23.2 Å². The number of nitrogens with one attached hydrogen (secondary N) is 1. The van der Waals surface area contributed by atoms with E-state index in [1.54, 1.807) is 18.2 Å². The van der Waals surface area contributed by atoms with Crippen LogP contribution in [0.3, 0.4) is 0 Å². The molecule has 1 aliphatic rings. The third-order valence-corrected chi connectivity index (χ3v) is 4.25. The molecule has 0 saturated carbocycles. The number of carbonyl (C=O) groups is 1. The van der Waals surface area contributed by atoms with Crippen molar-refractivity contribution < 1.29 is 4.79 Å². The van der Waals surface area contributed by atoms with Crippen LogP contribution in [0.5, 0.6) is 0 Å². The summed E-state index contributed by atoms with van der Waals surface area (Å²) in [6, 6.07) is 6.52. The van der Waals surface area contributed by atoms with Gasteiger partial charge in [-0.05, 0) is 31.0 Å². The molecule has 0 unspecified atom stereocenters. The van der Waals surface area contributed by atoms with Crippen LogP contribution < -0.4 is 10.2 Å². The summed E-state index contributed by atoms with van der Waals surface area (Å²) in [5.41, 5.74) is 0.427. The molecule has 7 heteroatoms. The molecule has 1 aromatic carbocycles. The Balaban J connectivity index is 1.76. The van der Waals surface area contributed by atoms with Gasteiger partial charge in [0.1, 0.15) is 18.0 Å². The number of aromatic nitrogens is 2. The van der Waals surface area contributed by atoms with Crippen molar-refractivity contribution in [3.63, 3.8) is 0 Å². The van der Waals surface area contributed by atoms with Crippen LogP contribution in [0.4, 0.5) is 11.6 Å².